The monoisotopic (exact) mass is 253 g/mol. The molecule has 0 saturated carbocycles. The molecule has 0 spiro atoms. The lowest BCUT2D eigenvalue weighted by atomic mass is 10.0. The number of aryl methyl sites for hydroxylation is 1. The third-order valence-electron chi connectivity index (χ3n) is 3.52. The number of hydrogen-bond acceptors (Lipinski definition) is 4. The summed E-state index contributed by atoms with van der Waals surface area (Å²) in [4.78, 5) is 8.26. The van der Waals surface area contributed by atoms with Gasteiger partial charge in [-0.3, -0.25) is 0 Å². The average molecular weight is 253 g/mol. The van der Waals surface area contributed by atoms with Crippen molar-refractivity contribution in [2.45, 2.75) is 45.7 Å². The number of hydrogen-bond donors (Lipinski definition) is 1. The number of aromatic nitrogens is 1. The Labute approximate surface area is 108 Å². The van der Waals surface area contributed by atoms with Crippen molar-refractivity contribution in [3.05, 3.63) is 16.1 Å². The van der Waals surface area contributed by atoms with Crippen LogP contribution in [0.15, 0.2) is 5.51 Å². The van der Waals surface area contributed by atoms with Crippen molar-refractivity contribution in [1.29, 1.82) is 0 Å². The van der Waals surface area contributed by atoms with Gasteiger partial charge in [-0.25, -0.2) is 4.98 Å². The molecule has 1 aromatic rings. The van der Waals surface area contributed by atoms with Crippen LogP contribution in [0.2, 0.25) is 0 Å². The van der Waals surface area contributed by atoms with Crippen LogP contribution in [0.4, 0.5) is 0 Å². The maximum Gasteiger partial charge on any atom is 0.0798 e. The zero-order chi connectivity index (χ0) is 12.1. The van der Waals surface area contributed by atoms with Gasteiger partial charge >= 0.3 is 0 Å². The highest BCUT2D eigenvalue weighted by atomic mass is 32.1. The normalized spacial score (nSPS) is 18.7. The van der Waals surface area contributed by atoms with Crippen LogP contribution in [0.5, 0.6) is 0 Å². The smallest absolute Gasteiger partial charge is 0.0798 e. The van der Waals surface area contributed by atoms with Crippen molar-refractivity contribution < 1.29 is 0 Å². The van der Waals surface area contributed by atoms with Crippen molar-refractivity contribution in [1.82, 2.24) is 15.2 Å². The molecule has 1 N–H and O–H groups in total. The Balaban J connectivity index is 1.70. The highest BCUT2D eigenvalue weighted by Crippen LogP contribution is 2.14. The standard InChI is InChI=1S/C13H23N3S/c1-3-6-16-7-4-12(5-8-16)14-9-13-11(2)15-10-17-13/h10,12,14H,3-9H2,1-2H3. The summed E-state index contributed by atoms with van der Waals surface area (Å²) in [5, 5.41) is 3.67. The molecule has 96 valence electrons. The summed E-state index contributed by atoms with van der Waals surface area (Å²) in [6, 6.07) is 0.699. The number of thiazole rings is 1. The number of nitrogens with one attached hydrogen (secondary N) is 1. The molecule has 0 bridgehead atoms. The quantitative estimate of drug-likeness (QED) is 0.873. The SMILES string of the molecule is CCCN1CCC(NCc2scnc2C)CC1. The summed E-state index contributed by atoms with van der Waals surface area (Å²) in [6.45, 7) is 9.13. The van der Waals surface area contributed by atoms with Gasteiger partial charge in [0, 0.05) is 17.5 Å². The molecule has 0 amide bonds. The molecule has 1 fully saturated rings. The summed E-state index contributed by atoms with van der Waals surface area (Å²) in [6.07, 6.45) is 3.86. The van der Waals surface area contributed by atoms with E-state index < -0.39 is 0 Å². The number of nitrogens with zero attached hydrogens (tertiary/aromatic N) is 2. The molecular formula is C13H23N3S. The molecule has 17 heavy (non-hydrogen) atoms. The first-order valence-corrected chi connectivity index (χ1v) is 7.52. The van der Waals surface area contributed by atoms with Gasteiger partial charge in [0.1, 0.15) is 0 Å². The predicted octanol–water partition coefficient (Wildman–Crippen LogP) is 2.42. The van der Waals surface area contributed by atoms with Gasteiger partial charge in [0.05, 0.1) is 11.2 Å². The van der Waals surface area contributed by atoms with Crippen molar-refractivity contribution in [2.24, 2.45) is 0 Å². The van der Waals surface area contributed by atoms with E-state index >= 15 is 0 Å². The minimum Gasteiger partial charge on any atom is -0.309 e. The highest BCUT2D eigenvalue weighted by molar-refractivity contribution is 7.09. The van der Waals surface area contributed by atoms with Crippen LogP contribution < -0.4 is 5.32 Å². The Morgan fingerprint density at radius 2 is 2.24 bits per heavy atom. The summed E-state index contributed by atoms with van der Waals surface area (Å²) >= 11 is 1.76. The Kier molecular flexibility index (Phi) is 4.95. The summed E-state index contributed by atoms with van der Waals surface area (Å²) in [5.41, 5.74) is 3.13. The van der Waals surface area contributed by atoms with E-state index in [1.807, 2.05) is 5.51 Å². The highest BCUT2D eigenvalue weighted by Gasteiger charge is 2.18. The van der Waals surface area contributed by atoms with Crippen LogP contribution in [0.25, 0.3) is 0 Å². The molecule has 2 rings (SSSR count). The Bertz CT molecular complexity index is 329. The van der Waals surface area contributed by atoms with Gasteiger partial charge in [0.15, 0.2) is 0 Å². The largest absolute Gasteiger partial charge is 0.309 e. The lowest BCUT2D eigenvalue weighted by molar-refractivity contribution is 0.197. The maximum atomic E-state index is 4.29. The first-order chi connectivity index (χ1) is 8.29. The van der Waals surface area contributed by atoms with Crippen molar-refractivity contribution >= 4 is 11.3 Å². The topological polar surface area (TPSA) is 28.2 Å². The van der Waals surface area contributed by atoms with Crippen LogP contribution in [-0.2, 0) is 6.54 Å². The van der Waals surface area contributed by atoms with Gasteiger partial charge in [-0.1, -0.05) is 6.92 Å². The molecular weight excluding hydrogens is 230 g/mol. The van der Waals surface area contributed by atoms with Crippen molar-refractivity contribution in [2.75, 3.05) is 19.6 Å². The lowest BCUT2D eigenvalue weighted by Gasteiger charge is -2.32. The van der Waals surface area contributed by atoms with Crippen LogP contribution in [0.1, 0.15) is 36.8 Å². The van der Waals surface area contributed by atoms with Gasteiger partial charge in [-0.05, 0) is 45.8 Å². The molecule has 2 heterocycles. The summed E-state index contributed by atoms with van der Waals surface area (Å²) < 4.78 is 0. The Hall–Kier alpha value is -0.450. The number of piperidine rings is 1. The molecule has 3 nitrogen and oxygen atoms in total. The van der Waals surface area contributed by atoms with E-state index in [0.29, 0.717) is 6.04 Å². The summed E-state index contributed by atoms with van der Waals surface area (Å²) in [7, 11) is 0. The Morgan fingerprint density at radius 1 is 1.47 bits per heavy atom. The van der Waals surface area contributed by atoms with Gasteiger partial charge in [-0.15, -0.1) is 11.3 Å². The second-order valence-corrected chi connectivity index (χ2v) is 5.80. The third-order valence-corrected chi connectivity index (χ3v) is 4.46. The van der Waals surface area contributed by atoms with Gasteiger partial charge in [-0.2, -0.15) is 0 Å². The Morgan fingerprint density at radius 3 is 2.82 bits per heavy atom. The first kappa shape index (κ1) is 13.0. The van der Waals surface area contributed by atoms with E-state index in [1.54, 1.807) is 11.3 Å². The second kappa shape index (κ2) is 6.47. The average Bonchev–Trinajstić information content (AvgIpc) is 2.75. The molecule has 0 aromatic carbocycles. The van der Waals surface area contributed by atoms with E-state index in [2.05, 4.69) is 29.0 Å². The fourth-order valence-corrected chi connectivity index (χ4v) is 3.14. The molecule has 0 radical (unpaired) electrons. The molecule has 1 aliphatic rings. The second-order valence-electron chi connectivity index (χ2n) is 4.86. The molecule has 1 aromatic heterocycles. The first-order valence-electron chi connectivity index (χ1n) is 6.64. The molecule has 0 unspecified atom stereocenters. The van der Waals surface area contributed by atoms with Crippen LogP contribution >= 0.6 is 11.3 Å². The van der Waals surface area contributed by atoms with Gasteiger partial charge in [0.25, 0.3) is 0 Å². The zero-order valence-corrected chi connectivity index (χ0v) is 11.7. The number of likely N-dealkylation sites (tertiary alicyclic amines) is 1. The van der Waals surface area contributed by atoms with E-state index in [4.69, 9.17) is 0 Å². The molecule has 0 atom stereocenters. The zero-order valence-electron chi connectivity index (χ0n) is 10.9. The van der Waals surface area contributed by atoms with E-state index in [0.717, 1.165) is 6.54 Å². The van der Waals surface area contributed by atoms with Crippen molar-refractivity contribution in [3.8, 4) is 0 Å². The van der Waals surface area contributed by atoms with Crippen LogP contribution in [0, 0.1) is 6.92 Å². The van der Waals surface area contributed by atoms with Crippen LogP contribution in [0.3, 0.4) is 0 Å². The minimum absolute atomic E-state index is 0.699. The van der Waals surface area contributed by atoms with E-state index in [9.17, 15) is 0 Å². The molecule has 1 saturated heterocycles. The van der Waals surface area contributed by atoms with Crippen LogP contribution in [-0.4, -0.2) is 35.6 Å². The molecule has 1 aliphatic heterocycles. The summed E-state index contributed by atoms with van der Waals surface area (Å²) in [5.74, 6) is 0. The van der Waals surface area contributed by atoms with E-state index in [-0.39, 0.29) is 0 Å². The van der Waals surface area contributed by atoms with E-state index in [1.165, 1.54) is 49.5 Å². The third kappa shape index (κ3) is 3.76. The van der Waals surface area contributed by atoms with Gasteiger partial charge < -0.3 is 10.2 Å². The fourth-order valence-electron chi connectivity index (χ4n) is 2.41. The molecule has 0 aliphatic carbocycles. The predicted molar refractivity (Wildman–Crippen MR) is 73.4 cm³/mol. The minimum atomic E-state index is 0.699. The fraction of sp³-hybridized carbons (Fsp3) is 0.769. The maximum absolute atomic E-state index is 4.29. The lowest BCUT2D eigenvalue weighted by Crippen LogP contribution is -2.42. The molecule has 4 heteroatoms. The van der Waals surface area contributed by atoms with Crippen molar-refractivity contribution in [3.63, 3.8) is 0 Å². The van der Waals surface area contributed by atoms with Gasteiger partial charge in [0.2, 0.25) is 0 Å². The number of rotatable bonds is 5.